The van der Waals surface area contributed by atoms with Gasteiger partial charge < -0.3 is 9.88 Å². The number of halogens is 1. The van der Waals surface area contributed by atoms with E-state index < -0.39 is 0 Å². The largest absolute Gasteiger partial charge is 0.349 e. The number of fused-ring (bicyclic) bond motifs is 1. The lowest BCUT2D eigenvalue weighted by molar-refractivity contribution is -0.117. The Morgan fingerprint density at radius 1 is 1.21 bits per heavy atom. The molecule has 1 aromatic heterocycles. The molecular weight excluding hydrogens is 370 g/mol. The van der Waals surface area contributed by atoms with E-state index >= 15 is 0 Å². The molecule has 3 rings (SSSR count). The number of carbonyl (C=O) groups excluding carboxylic acids is 1. The van der Waals surface area contributed by atoms with Crippen molar-refractivity contribution in [2.75, 3.05) is 0 Å². The van der Waals surface area contributed by atoms with Crippen molar-refractivity contribution in [3.05, 3.63) is 75.9 Å². The number of nitriles is 1. The molecular formula is C23H22ClN3O. The van der Waals surface area contributed by atoms with Crippen molar-refractivity contribution in [1.82, 2.24) is 9.88 Å². The van der Waals surface area contributed by atoms with Crippen LogP contribution in [0.15, 0.2) is 54.1 Å². The van der Waals surface area contributed by atoms with E-state index in [1.807, 2.05) is 69.3 Å². The van der Waals surface area contributed by atoms with E-state index in [0.29, 0.717) is 11.6 Å². The number of benzene rings is 2. The lowest BCUT2D eigenvalue weighted by atomic mass is 10.1. The van der Waals surface area contributed by atoms with Crippen LogP contribution in [-0.4, -0.2) is 16.5 Å². The second kappa shape index (κ2) is 8.33. The highest BCUT2D eigenvalue weighted by atomic mass is 35.5. The van der Waals surface area contributed by atoms with Gasteiger partial charge in [0.2, 0.25) is 0 Å². The van der Waals surface area contributed by atoms with Gasteiger partial charge in [0.25, 0.3) is 5.91 Å². The highest BCUT2D eigenvalue weighted by Gasteiger charge is 2.16. The average Bonchev–Trinajstić information content (AvgIpc) is 2.92. The molecule has 0 saturated carbocycles. The normalized spacial score (nSPS) is 11.6. The maximum absolute atomic E-state index is 12.3. The number of carbonyl (C=O) groups is 1. The maximum atomic E-state index is 12.3. The molecule has 0 radical (unpaired) electrons. The summed E-state index contributed by atoms with van der Waals surface area (Å²) in [5.74, 6) is -0.355. The zero-order valence-electron chi connectivity index (χ0n) is 16.2. The molecule has 1 N–H and O–H groups in total. The van der Waals surface area contributed by atoms with Crippen molar-refractivity contribution in [3.63, 3.8) is 0 Å². The Kier molecular flexibility index (Phi) is 5.87. The van der Waals surface area contributed by atoms with Gasteiger partial charge in [-0.05, 0) is 50.6 Å². The van der Waals surface area contributed by atoms with Gasteiger partial charge >= 0.3 is 0 Å². The summed E-state index contributed by atoms with van der Waals surface area (Å²) >= 11 is 6.00. The first kappa shape index (κ1) is 19.7. The van der Waals surface area contributed by atoms with Crippen LogP contribution in [0.1, 0.15) is 30.7 Å². The first-order valence-electron chi connectivity index (χ1n) is 9.15. The maximum Gasteiger partial charge on any atom is 0.262 e. The van der Waals surface area contributed by atoms with Crippen molar-refractivity contribution >= 4 is 34.5 Å². The van der Waals surface area contributed by atoms with E-state index in [1.54, 1.807) is 6.08 Å². The molecule has 5 heteroatoms. The number of amides is 1. The van der Waals surface area contributed by atoms with Crippen molar-refractivity contribution in [2.45, 2.75) is 33.4 Å². The van der Waals surface area contributed by atoms with Crippen LogP contribution in [-0.2, 0) is 11.3 Å². The molecule has 0 atom stereocenters. The molecule has 0 aliphatic carbocycles. The number of rotatable bonds is 5. The summed E-state index contributed by atoms with van der Waals surface area (Å²) in [6.07, 6.45) is 1.69. The minimum Gasteiger partial charge on any atom is -0.349 e. The quantitative estimate of drug-likeness (QED) is 0.486. The second-order valence-electron chi connectivity index (χ2n) is 7.03. The van der Waals surface area contributed by atoms with Crippen LogP contribution < -0.4 is 5.32 Å². The molecule has 0 aliphatic rings. The SMILES string of the molecule is Cc1c(/C=C(/C#N)C(=O)NC(C)C)c2ccccc2n1Cc1ccc(Cl)cc1. The summed E-state index contributed by atoms with van der Waals surface area (Å²) in [5.41, 5.74) is 4.18. The molecule has 0 saturated heterocycles. The Morgan fingerprint density at radius 3 is 2.54 bits per heavy atom. The van der Waals surface area contributed by atoms with Gasteiger partial charge in [0.05, 0.1) is 0 Å². The van der Waals surface area contributed by atoms with E-state index in [1.165, 1.54) is 0 Å². The van der Waals surface area contributed by atoms with E-state index in [-0.39, 0.29) is 17.5 Å². The fourth-order valence-corrected chi connectivity index (χ4v) is 3.37. The summed E-state index contributed by atoms with van der Waals surface area (Å²) in [4.78, 5) is 12.3. The van der Waals surface area contributed by atoms with Gasteiger partial charge in [-0.15, -0.1) is 0 Å². The fraction of sp³-hybridized carbons (Fsp3) is 0.217. The summed E-state index contributed by atoms with van der Waals surface area (Å²) in [6, 6.07) is 17.8. The van der Waals surface area contributed by atoms with Crippen LogP contribution in [0, 0.1) is 18.3 Å². The smallest absolute Gasteiger partial charge is 0.262 e. The molecule has 3 aromatic rings. The van der Waals surface area contributed by atoms with E-state index in [9.17, 15) is 10.1 Å². The van der Waals surface area contributed by atoms with Crippen LogP contribution in [0.5, 0.6) is 0 Å². The van der Waals surface area contributed by atoms with E-state index in [0.717, 1.165) is 27.7 Å². The van der Waals surface area contributed by atoms with Gasteiger partial charge in [0.15, 0.2) is 0 Å². The third-order valence-electron chi connectivity index (χ3n) is 4.61. The Balaban J connectivity index is 2.10. The van der Waals surface area contributed by atoms with Crippen molar-refractivity contribution < 1.29 is 4.79 Å². The molecule has 142 valence electrons. The third-order valence-corrected chi connectivity index (χ3v) is 4.86. The first-order chi connectivity index (χ1) is 13.4. The Hall–Kier alpha value is -3.03. The second-order valence-corrected chi connectivity index (χ2v) is 7.46. The van der Waals surface area contributed by atoms with Gasteiger partial charge in [0, 0.05) is 39.8 Å². The van der Waals surface area contributed by atoms with Crippen molar-refractivity contribution in [2.24, 2.45) is 0 Å². The topological polar surface area (TPSA) is 57.8 Å². The number of para-hydroxylation sites is 1. The number of nitrogens with zero attached hydrogens (tertiary/aromatic N) is 2. The van der Waals surface area contributed by atoms with Gasteiger partial charge in [-0.25, -0.2) is 0 Å². The molecule has 28 heavy (non-hydrogen) atoms. The van der Waals surface area contributed by atoms with E-state index in [2.05, 4.69) is 16.0 Å². The summed E-state index contributed by atoms with van der Waals surface area (Å²) < 4.78 is 2.19. The molecule has 0 unspecified atom stereocenters. The number of hydrogen-bond acceptors (Lipinski definition) is 2. The van der Waals surface area contributed by atoms with Crippen LogP contribution in [0.2, 0.25) is 5.02 Å². The predicted molar refractivity (Wildman–Crippen MR) is 114 cm³/mol. The Morgan fingerprint density at radius 2 is 1.89 bits per heavy atom. The molecule has 4 nitrogen and oxygen atoms in total. The van der Waals surface area contributed by atoms with E-state index in [4.69, 9.17) is 11.6 Å². The molecule has 2 aromatic carbocycles. The monoisotopic (exact) mass is 391 g/mol. The van der Waals surface area contributed by atoms with Crippen LogP contribution in [0.25, 0.3) is 17.0 Å². The summed E-state index contributed by atoms with van der Waals surface area (Å²) in [5, 5.41) is 14.0. The minimum atomic E-state index is -0.355. The molecule has 0 bridgehead atoms. The molecule has 1 heterocycles. The zero-order chi connectivity index (χ0) is 20.3. The first-order valence-corrected chi connectivity index (χ1v) is 9.53. The van der Waals surface area contributed by atoms with Crippen molar-refractivity contribution in [1.29, 1.82) is 5.26 Å². The standard InChI is InChI=1S/C23H22ClN3O/c1-15(2)26-23(28)18(13-25)12-21-16(3)27(22-7-5-4-6-20(21)22)14-17-8-10-19(24)11-9-17/h4-12,15H,14H2,1-3H3,(H,26,28)/b18-12-. The van der Waals surface area contributed by atoms with Crippen LogP contribution >= 0.6 is 11.6 Å². The summed E-state index contributed by atoms with van der Waals surface area (Å²) in [6.45, 7) is 6.43. The minimum absolute atomic E-state index is 0.0309. The Bertz CT molecular complexity index is 1090. The van der Waals surface area contributed by atoms with Gasteiger partial charge in [-0.1, -0.05) is 41.9 Å². The Labute approximate surface area is 170 Å². The number of nitrogens with one attached hydrogen (secondary N) is 1. The fourth-order valence-electron chi connectivity index (χ4n) is 3.25. The molecule has 0 aliphatic heterocycles. The van der Waals surface area contributed by atoms with Gasteiger partial charge in [-0.2, -0.15) is 5.26 Å². The lowest BCUT2D eigenvalue weighted by Crippen LogP contribution is -2.30. The number of aromatic nitrogens is 1. The van der Waals surface area contributed by atoms with Gasteiger partial charge in [0.1, 0.15) is 11.6 Å². The highest BCUT2D eigenvalue weighted by molar-refractivity contribution is 6.30. The molecule has 0 spiro atoms. The third kappa shape index (κ3) is 4.11. The molecule has 1 amide bonds. The summed E-state index contributed by atoms with van der Waals surface area (Å²) in [7, 11) is 0. The van der Waals surface area contributed by atoms with Crippen LogP contribution in [0.4, 0.5) is 0 Å². The predicted octanol–water partition coefficient (Wildman–Crippen LogP) is 5.08. The van der Waals surface area contributed by atoms with Gasteiger partial charge in [-0.3, -0.25) is 4.79 Å². The lowest BCUT2D eigenvalue weighted by Gasteiger charge is -2.09. The molecule has 0 fully saturated rings. The number of hydrogen-bond donors (Lipinski definition) is 1. The zero-order valence-corrected chi connectivity index (χ0v) is 16.9. The highest BCUT2D eigenvalue weighted by Crippen LogP contribution is 2.29. The average molecular weight is 392 g/mol. The van der Waals surface area contributed by atoms with Crippen molar-refractivity contribution in [3.8, 4) is 6.07 Å². The van der Waals surface area contributed by atoms with Crippen LogP contribution in [0.3, 0.4) is 0 Å².